The van der Waals surface area contributed by atoms with Crippen molar-refractivity contribution >= 4 is 6.08 Å². The van der Waals surface area contributed by atoms with Gasteiger partial charge in [-0.25, -0.2) is 0 Å². The smallest absolute Gasteiger partial charge is 0.135 e. The lowest BCUT2D eigenvalue weighted by molar-refractivity contribution is 0.0781. The highest BCUT2D eigenvalue weighted by atomic mass is 16.3. The Morgan fingerprint density at radius 1 is 1.06 bits per heavy atom. The number of fused-ring (bicyclic) bond motifs is 1. The van der Waals surface area contributed by atoms with Crippen molar-refractivity contribution in [2.75, 3.05) is 0 Å². The molecule has 0 radical (unpaired) electrons. The van der Waals surface area contributed by atoms with Gasteiger partial charge in [0.2, 0.25) is 0 Å². The van der Waals surface area contributed by atoms with E-state index in [0.717, 1.165) is 11.1 Å². The van der Waals surface area contributed by atoms with Crippen LogP contribution >= 0.6 is 0 Å². The second-order valence-electron chi connectivity index (χ2n) is 4.27. The molecule has 0 spiro atoms. The van der Waals surface area contributed by atoms with Gasteiger partial charge in [-0.15, -0.1) is 0 Å². The Bertz CT molecular complexity index is 562. The molecule has 0 saturated heterocycles. The molecule has 3 rings (SSSR count). The Morgan fingerprint density at radius 2 is 1.88 bits per heavy atom. The van der Waals surface area contributed by atoms with Gasteiger partial charge in [-0.05, 0) is 23.3 Å². The molecule has 2 heteroatoms. The van der Waals surface area contributed by atoms with Gasteiger partial charge in [-0.3, -0.25) is 4.98 Å². The zero-order valence-corrected chi connectivity index (χ0v) is 9.38. The zero-order chi connectivity index (χ0) is 11.7. The largest absolute Gasteiger partial charge is 0.378 e. The lowest BCUT2D eigenvalue weighted by Gasteiger charge is -2.31. The average molecular weight is 223 g/mol. The quantitative estimate of drug-likeness (QED) is 0.806. The highest BCUT2D eigenvalue weighted by molar-refractivity contribution is 5.60. The molecular weight excluding hydrogens is 210 g/mol. The van der Waals surface area contributed by atoms with E-state index in [0.29, 0.717) is 12.1 Å². The first-order valence-electron chi connectivity index (χ1n) is 5.71. The molecule has 1 unspecified atom stereocenters. The first-order valence-corrected chi connectivity index (χ1v) is 5.71. The average Bonchev–Trinajstić information content (AvgIpc) is 2.40. The van der Waals surface area contributed by atoms with Crippen LogP contribution in [0.5, 0.6) is 0 Å². The van der Waals surface area contributed by atoms with Crippen LogP contribution < -0.4 is 0 Å². The molecule has 1 aliphatic carbocycles. The summed E-state index contributed by atoms with van der Waals surface area (Å²) in [5.74, 6) is 0. The first-order chi connectivity index (χ1) is 8.31. The Hall–Kier alpha value is -1.93. The number of aromatic nitrogens is 1. The highest BCUT2D eigenvalue weighted by Crippen LogP contribution is 2.37. The number of hydrogen-bond acceptors (Lipinski definition) is 2. The van der Waals surface area contributed by atoms with E-state index in [9.17, 15) is 5.11 Å². The van der Waals surface area contributed by atoms with E-state index in [1.807, 2.05) is 54.6 Å². The second kappa shape index (κ2) is 3.82. The maximum absolute atomic E-state index is 10.9. The summed E-state index contributed by atoms with van der Waals surface area (Å²) in [6.07, 6.45) is 6.33. The van der Waals surface area contributed by atoms with E-state index < -0.39 is 5.60 Å². The number of rotatable bonds is 1. The Balaban J connectivity index is 2.19. The molecule has 1 aliphatic rings. The van der Waals surface area contributed by atoms with Crippen molar-refractivity contribution in [3.8, 4) is 0 Å². The van der Waals surface area contributed by atoms with Crippen molar-refractivity contribution in [1.82, 2.24) is 4.98 Å². The predicted octanol–water partition coefficient (Wildman–Crippen LogP) is 2.73. The molecule has 1 aromatic carbocycles. The van der Waals surface area contributed by atoms with Crippen molar-refractivity contribution in [2.24, 2.45) is 0 Å². The van der Waals surface area contributed by atoms with Gasteiger partial charge in [0, 0.05) is 12.6 Å². The summed E-state index contributed by atoms with van der Waals surface area (Å²) in [6.45, 7) is 0. The molecule has 84 valence electrons. The Morgan fingerprint density at radius 3 is 2.71 bits per heavy atom. The summed E-state index contributed by atoms with van der Waals surface area (Å²) in [5, 5.41) is 10.9. The maximum Gasteiger partial charge on any atom is 0.135 e. The van der Waals surface area contributed by atoms with Crippen LogP contribution in [0.1, 0.15) is 23.2 Å². The van der Waals surface area contributed by atoms with Crippen molar-refractivity contribution in [2.45, 2.75) is 12.0 Å². The summed E-state index contributed by atoms with van der Waals surface area (Å²) in [4.78, 5) is 4.29. The van der Waals surface area contributed by atoms with E-state index in [4.69, 9.17) is 0 Å². The molecule has 0 fully saturated rings. The van der Waals surface area contributed by atoms with Crippen LogP contribution in [0.25, 0.3) is 6.08 Å². The predicted molar refractivity (Wildman–Crippen MR) is 67.3 cm³/mol. The van der Waals surface area contributed by atoms with Gasteiger partial charge in [0.15, 0.2) is 0 Å². The van der Waals surface area contributed by atoms with Gasteiger partial charge in [0.25, 0.3) is 0 Å². The molecule has 17 heavy (non-hydrogen) atoms. The molecule has 0 amide bonds. The fraction of sp³-hybridized carbons (Fsp3) is 0.133. The van der Waals surface area contributed by atoms with E-state index in [-0.39, 0.29) is 0 Å². The molecule has 0 saturated carbocycles. The molecular formula is C15H13NO. The third-order valence-corrected chi connectivity index (χ3v) is 3.21. The lowest BCUT2D eigenvalue weighted by atomic mass is 9.80. The fourth-order valence-corrected chi connectivity index (χ4v) is 2.34. The Labute approximate surface area is 100 Å². The van der Waals surface area contributed by atoms with E-state index in [2.05, 4.69) is 4.98 Å². The molecule has 0 bridgehead atoms. The second-order valence-corrected chi connectivity index (χ2v) is 4.27. The van der Waals surface area contributed by atoms with Gasteiger partial charge < -0.3 is 5.11 Å². The van der Waals surface area contributed by atoms with E-state index >= 15 is 0 Å². The number of pyridine rings is 1. The minimum atomic E-state index is -0.993. The third-order valence-electron chi connectivity index (χ3n) is 3.21. The molecule has 1 heterocycles. The highest BCUT2D eigenvalue weighted by Gasteiger charge is 2.34. The monoisotopic (exact) mass is 223 g/mol. The molecule has 2 nitrogen and oxygen atoms in total. The van der Waals surface area contributed by atoms with Crippen LogP contribution in [0.4, 0.5) is 0 Å². The summed E-state index contributed by atoms with van der Waals surface area (Å²) in [6, 6.07) is 13.5. The summed E-state index contributed by atoms with van der Waals surface area (Å²) in [5.41, 5.74) is 1.71. The minimum Gasteiger partial charge on any atom is -0.378 e. The van der Waals surface area contributed by atoms with Crippen molar-refractivity contribution in [3.63, 3.8) is 0 Å². The van der Waals surface area contributed by atoms with Crippen LogP contribution in [0.3, 0.4) is 0 Å². The zero-order valence-electron chi connectivity index (χ0n) is 9.38. The number of benzene rings is 1. The van der Waals surface area contributed by atoms with Gasteiger partial charge >= 0.3 is 0 Å². The normalized spacial score (nSPS) is 22.2. The third kappa shape index (κ3) is 1.58. The van der Waals surface area contributed by atoms with E-state index in [1.165, 1.54) is 0 Å². The number of nitrogens with zero attached hydrogens (tertiary/aromatic N) is 1. The maximum atomic E-state index is 10.9. The summed E-state index contributed by atoms with van der Waals surface area (Å²) >= 11 is 0. The number of hydrogen-bond donors (Lipinski definition) is 1. The van der Waals surface area contributed by atoms with Crippen LogP contribution in [-0.2, 0) is 5.60 Å². The summed E-state index contributed by atoms with van der Waals surface area (Å²) in [7, 11) is 0. The topological polar surface area (TPSA) is 33.1 Å². The fourth-order valence-electron chi connectivity index (χ4n) is 2.34. The minimum absolute atomic E-state index is 0.570. The van der Waals surface area contributed by atoms with Crippen molar-refractivity contribution in [1.29, 1.82) is 0 Å². The Kier molecular flexibility index (Phi) is 2.30. The van der Waals surface area contributed by atoms with E-state index in [1.54, 1.807) is 6.20 Å². The number of aliphatic hydroxyl groups is 1. The molecule has 1 aromatic heterocycles. The van der Waals surface area contributed by atoms with Crippen LogP contribution in [0, 0.1) is 0 Å². The van der Waals surface area contributed by atoms with Gasteiger partial charge in [-0.1, -0.05) is 42.5 Å². The standard InChI is InChI=1S/C15H13NO/c17-15(14-9-3-4-11-16-14)10-5-7-12-6-1-2-8-13(12)15/h1-9,11,17H,10H2. The first kappa shape index (κ1) is 10.2. The molecule has 0 aliphatic heterocycles. The van der Waals surface area contributed by atoms with Gasteiger partial charge in [-0.2, -0.15) is 0 Å². The van der Waals surface area contributed by atoms with Crippen LogP contribution in [-0.4, -0.2) is 10.1 Å². The van der Waals surface area contributed by atoms with Crippen LogP contribution in [0.2, 0.25) is 0 Å². The van der Waals surface area contributed by atoms with Gasteiger partial charge in [0.1, 0.15) is 5.60 Å². The SMILES string of the molecule is OC1(c2ccccn2)CC=Cc2ccccc21. The summed E-state index contributed by atoms with van der Waals surface area (Å²) < 4.78 is 0. The van der Waals surface area contributed by atoms with Crippen molar-refractivity contribution in [3.05, 3.63) is 71.6 Å². The molecule has 1 N–H and O–H groups in total. The molecule has 2 aromatic rings. The van der Waals surface area contributed by atoms with Gasteiger partial charge in [0.05, 0.1) is 5.69 Å². The molecule has 1 atom stereocenters. The van der Waals surface area contributed by atoms with Crippen LogP contribution in [0.15, 0.2) is 54.7 Å². The van der Waals surface area contributed by atoms with Crippen molar-refractivity contribution < 1.29 is 5.11 Å². The lowest BCUT2D eigenvalue weighted by Crippen LogP contribution is -2.30.